The Kier molecular flexibility index (Phi) is 5.68. The van der Waals surface area contributed by atoms with E-state index in [1.165, 1.54) is 5.69 Å². The molecule has 0 aliphatic carbocycles. The average molecular weight is 411 g/mol. The zero-order chi connectivity index (χ0) is 20.4. The Morgan fingerprint density at radius 1 is 1.00 bits per heavy atom. The fraction of sp³-hybridized carbons (Fsp3) is 0.333. The number of piperazine rings is 1. The summed E-state index contributed by atoms with van der Waals surface area (Å²) in [4.78, 5) is 2.30. The summed E-state index contributed by atoms with van der Waals surface area (Å²) in [7, 11) is 0. The number of quaternary nitrogens is 1. The molecule has 0 saturated carbocycles. The minimum atomic E-state index is -0.0724. The van der Waals surface area contributed by atoms with Crippen molar-refractivity contribution in [1.29, 1.82) is 0 Å². The molecule has 0 spiro atoms. The maximum Gasteiger partial charge on any atom is 0.127 e. The molecule has 1 aliphatic rings. The van der Waals surface area contributed by atoms with Crippen LogP contribution in [0.3, 0.4) is 0 Å². The van der Waals surface area contributed by atoms with Crippen LogP contribution < -0.4 is 9.64 Å². The van der Waals surface area contributed by atoms with E-state index in [1.807, 2.05) is 38.1 Å². The molecule has 3 aromatic carbocycles. The second-order valence-corrected chi connectivity index (χ2v) is 8.19. The molecule has 0 bridgehead atoms. The van der Waals surface area contributed by atoms with Gasteiger partial charge in [-0.15, -0.1) is 0 Å². The summed E-state index contributed by atoms with van der Waals surface area (Å²) in [6.07, 6.45) is 0. The van der Waals surface area contributed by atoms with Gasteiger partial charge in [0.2, 0.25) is 0 Å². The number of hydrogen-bond donors (Lipinski definition) is 0. The number of aryl methyl sites for hydroxylation is 1. The molecule has 1 aliphatic heterocycles. The Balaban J connectivity index is 1.43. The first-order valence-electron chi connectivity index (χ1n) is 10.2. The van der Waals surface area contributed by atoms with Gasteiger partial charge in [-0.2, -0.15) is 0 Å². The molecule has 1 saturated heterocycles. The predicted octanol–water partition coefficient (Wildman–Crippen LogP) is 5.54. The quantitative estimate of drug-likeness (QED) is 0.409. The third kappa shape index (κ3) is 4.20. The van der Waals surface area contributed by atoms with Crippen molar-refractivity contribution in [2.75, 3.05) is 37.6 Å². The van der Waals surface area contributed by atoms with Crippen molar-refractivity contribution in [2.45, 2.75) is 20.5 Å². The second-order valence-electron chi connectivity index (χ2n) is 7.81. The summed E-state index contributed by atoms with van der Waals surface area (Å²) in [5.41, 5.74) is 3.35. The van der Waals surface area contributed by atoms with Crippen molar-refractivity contribution < 1.29 is 9.38 Å². The van der Waals surface area contributed by atoms with Gasteiger partial charge in [-0.3, -0.25) is 0 Å². The third-order valence-corrected chi connectivity index (χ3v) is 6.48. The Labute approximate surface area is 177 Å². The summed E-state index contributed by atoms with van der Waals surface area (Å²) >= 11 is 6.45. The molecular weight excluding hydrogens is 384 g/mol. The molecule has 152 valence electrons. The van der Waals surface area contributed by atoms with Crippen LogP contribution in [0, 0.1) is 12.1 Å². The fourth-order valence-electron chi connectivity index (χ4n) is 3.90. The van der Waals surface area contributed by atoms with E-state index in [-0.39, 0.29) is 4.65 Å². The molecule has 0 unspecified atom stereocenters. The molecule has 4 rings (SSSR count). The van der Waals surface area contributed by atoms with Crippen LogP contribution in [0.15, 0.2) is 54.6 Å². The maximum absolute atomic E-state index is 12.4. The second kappa shape index (κ2) is 8.23. The Bertz CT molecular complexity index is 996. The number of anilines is 1. The van der Waals surface area contributed by atoms with Gasteiger partial charge >= 0.3 is 0 Å². The number of benzene rings is 3. The van der Waals surface area contributed by atoms with Crippen molar-refractivity contribution in [3.8, 4) is 5.75 Å². The summed E-state index contributed by atoms with van der Waals surface area (Å²) in [6.45, 7) is 8.08. The molecule has 0 amide bonds. The number of nitrogens with zero attached hydrogens (tertiary/aromatic N) is 2. The average Bonchev–Trinajstić information content (AvgIpc) is 2.76. The third-order valence-electron chi connectivity index (χ3n) is 5.98. The van der Waals surface area contributed by atoms with Gasteiger partial charge in [-0.05, 0) is 43.2 Å². The lowest BCUT2D eigenvalue weighted by Crippen LogP contribution is -2.56. The molecule has 0 atom stereocenters. The van der Waals surface area contributed by atoms with E-state index in [9.17, 15) is 5.21 Å². The Morgan fingerprint density at radius 3 is 2.41 bits per heavy atom. The van der Waals surface area contributed by atoms with Gasteiger partial charge in [0.05, 0.1) is 37.7 Å². The van der Waals surface area contributed by atoms with E-state index in [4.69, 9.17) is 16.3 Å². The van der Waals surface area contributed by atoms with E-state index in [0.29, 0.717) is 26.2 Å². The minimum absolute atomic E-state index is 0.0724. The van der Waals surface area contributed by atoms with Crippen LogP contribution in [-0.2, 0) is 6.61 Å². The van der Waals surface area contributed by atoms with E-state index in [0.717, 1.165) is 45.8 Å². The van der Waals surface area contributed by atoms with Crippen LogP contribution in [0.5, 0.6) is 5.75 Å². The van der Waals surface area contributed by atoms with Crippen LogP contribution in [0.4, 0.5) is 5.69 Å². The number of halogens is 1. The highest BCUT2D eigenvalue weighted by molar-refractivity contribution is 6.36. The minimum Gasteiger partial charge on any atom is -0.633 e. The highest BCUT2D eigenvalue weighted by atomic mass is 35.5. The molecule has 0 N–H and O–H groups in total. The van der Waals surface area contributed by atoms with E-state index in [2.05, 4.69) is 35.2 Å². The number of hydroxylamine groups is 3. The molecule has 5 heteroatoms. The zero-order valence-electron chi connectivity index (χ0n) is 17.0. The fourth-order valence-corrected chi connectivity index (χ4v) is 4.12. The largest absolute Gasteiger partial charge is 0.633 e. The number of fused-ring (bicyclic) bond motifs is 1. The van der Waals surface area contributed by atoms with Crippen LogP contribution in [0.25, 0.3) is 10.8 Å². The van der Waals surface area contributed by atoms with Crippen molar-refractivity contribution >= 4 is 28.1 Å². The highest BCUT2D eigenvalue weighted by Gasteiger charge is 2.23. The Hall–Kier alpha value is -2.27. The van der Waals surface area contributed by atoms with Crippen LogP contribution in [0.1, 0.15) is 18.1 Å². The summed E-state index contributed by atoms with van der Waals surface area (Å²) in [6, 6.07) is 18.5. The first-order chi connectivity index (χ1) is 14.0. The van der Waals surface area contributed by atoms with E-state index >= 15 is 0 Å². The van der Waals surface area contributed by atoms with Gasteiger partial charge in [0.25, 0.3) is 0 Å². The van der Waals surface area contributed by atoms with Gasteiger partial charge in [0.15, 0.2) is 0 Å². The topological polar surface area (TPSA) is 35.5 Å². The normalized spacial score (nSPS) is 16.2. The monoisotopic (exact) mass is 410 g/mol. The zero-order valence-corrected chi connectivity index (χ0v) is 17.8. The summed E-state index contributed by atoms with van der Waals surface area (Å²) in [5.74, 6) is 0.841. The van der Waals surface area contributed by atoms with Gasteiger partial charge < -0.3 is 19.5 Å². The maximum atomic E-state index is 12.4. The SMILES string of the molecule is CC[N+]1([O-])CCN(c2ccc(COc3cccc4c(Cl)c(C)ccc34)cc2)CC1. The van der Waals surface area contributed by atoms with Gasteiger partial charge in [-0.1, -0.05) is 48.0 Å². The molecule has 0 aromatic heterocycles. The predicted molar refractivity (Wildman–Crippen MR) is 121 cm³/mol. The molecule has 1 fully saturated rings. The smallest absolute Gasteiger partial charge is 0.127 e. The molecule has 1 heterocycles. The number of likely N-dealkylation sites (N-methyl/N-ethyl adjacent to an activating group) is 1. The summed E-state index contributed by atoms with van der Waals surface area (Å²) in [5, 5.41) is 15.2. The lowest BCUT2D eigenvalue weighted by Gasteiger charge is -2.48. The van der Waals surface area contributed by atoms with Crippen LogP contribution >= 0.6 is 11.6 Å². The first-order valence-corrected chi connectivity index (χ1v) is 10.6. The van der Waals surface area contributed by atoms with Crippen molar-refractivity contribution in [3.05, 3.63) is 76.0 Å². The van der Waals surface area contributed by atoms with Gasteiger partial charge in [0.1, 0.15) is 12.4 Å². The highest BCUT2D eigenvalue weighted by Crippen LogP contribution is 2.33. The lowest BCUT2D eigenvalue weighted by atomic mass is 10.1. The van der Waals surface area contributed by atoms with E-state index < -0.39 is 0 Å². The number of hydrogen-bond acceptors (Lipinski definition) is 3. The molecule has 0 radical (unpaired) electrons. The van der Waals surface area contributed by atoms with Gasteiger partial charge in [-0.25, -0.2) is 0 Å². The first kappa shape index (κ1) is 20.0. The Morgan fingerprint density at radius 2 is 1.72 bits per heavy atom. The standard InChI is InChI=1S/C24H27ClN2O2/c1-3-27(28)15-13-26(14-16-27)20-10-8-19(9-11-20)17-29-23-6-4-5-22-21(23)12-7-18(2)24(22)25/h4-12H,3,13-17H2,1-2H3. The van der Waals surface area contributed by atoms with Crippen molar-refractivity contribution in [3.63, 3.8) is 0 Å². The van der Waals surface area contributed by atoms with Crippen molar-refractivity contribution in [1.82, 2.24) is 0 Å². The number of ether oxygens (including phenoxy) is 1. The van der Waals surface area contributed by atoms with Crippen LogP contribution in [0.2, 0.25) is 5.02 Å². The van der Waals surface area contributed by atoms with Crippen molar-refractivity contribution in [2.24, 2.45) is 0 Å². The number of rotatable bonds is 5. The molecule has 4 nitrogen and oxygen atoms in total. The lowest BCUT2D eigenvalue weighted by molar-refractivity contribution is -0.879. The van der Waals surface area contributed by atoms with E-state index in [1.54, 1.807) is 0 Å². The summed E-state index contributed by atoms with van der Waals surface area (Å²) < 4.78 is 6.04. The molecule has 29 heavy (non-hydrogen) atoms. The van der Waals surface area contributed by atoms with Crippen LogP contribution in [-0.4, -0.2) is 37.4 Å². The molecular formula is C24H27ClN2O2. The van der Waals surface area contributed by atoms with Gasteiger partial charge in [0, 0.05) is 16.5 Å². The molecule has 3 aromatic rings.